The van der Waals surface area contributed by atoms with Gasteiger partial charge in [-0.1, -0.05) is 24.3 Å². The van der Waals surface area contributed by atoms with Gasteiger partial charge >= 0.3 is 0 Å². The number of hydrogen-bond acceptors (Lipinski definition) is 3. The van der Waals surface area contributed by atoms with Crippen molar-refractivity contribution in [2.24, 2.45) is 0 Å². The maximum atomic E-state index is 13.7. The van der Waals surface area contributed by atoms with Crippen molar-refractivity contribution >= 4 is 23.2 Å². The number of halogens is 1. The van der Waals surface area contributed by atoms with Crippen molar-refractivity contribution in [3.63, 3.8) is 0 Å². The number of hydrogen-bond donors (Lipinski definition) is 2. The predicted octanol–water partition coefficient (Wildman–Crippen LogP) is 3.33. The van der Waals surface area contributed by atoms with E-state index in [0.29, 0.717) is 5.56 Å². The van der Waals surface area contributed by atoms with Gasteiger partial charge in [-0.2, -0.15) is 0 Å². The summed E-state index contributed by atoms with van der Waals surface area (Å²) in [5.41, 5.74) is 0.438. The second-order valence-electron chi connectivity index (χ2n) is 5.28. The highest BCUT2D eigenvalue weighted by molar-refractivity contribution is 7.10. The van der Waals surface area contributed by atoms with Crippen LogP contribution in [0.5, 0.6) is 0 Å². The molecule has 2 amide bonds. The molecule has 0 fully saturated rings. The van der Waals surface area contributed by atoms with Crippen LogP contribution >= 0.6 is 11.3 Å². The normalized spacial score (nSPS) is 13.2. The van der Waals surface area contributed by atoms with Crippen LogP contribution in [0.2, 0.25) is 0 Å². The topological polar surface area (TPSA) is 58.2 Å². The van der Waals surface area contributed by atoms with Crippen molar-refractivity contribution in [2.75, 3.05) is 0 Å². The van der Waals surface area contributed by atoms with Crippen molar-refractivity contribution < 1.29 is 14.0 Å². The van der Waals surface area contributed by atoms with E-state index in [0.717, 1.165) is 4.88 Å². The van der Waals surface area contributed by atoms with Gasteiger partial charge in [0.1, 0.15) is 5.82 Å². The maximum absolute atomic E-state index is 13.7. The van der Waals surface area contributed by atoms with Crippen molar-refractivity contribution in [1.29, 1.82) is 0 Å². The van der Waals surface area contributed by atoms with Crippen molar-refractivity contribution in [3.8, 4) is 0 Å². The van der Waals surface area contributed by atoms with Crippen LogP contribution in [0.25, 0.3) is 0 Å². The molecule has 0 saturated carbocycles. The molecule has 0 radical (unpaired) electrons. The highest BCUT2D eigenvalue weighted by Gasteiger charge is 2.20. The van der Waals surface area contributed by atoms with Crippen LogP contribution in [0.15, 0.2) is 41.8 Å². The van der Waals surface area contributed by atoms with E-state index in [2.05, 4.69) is 10.6 Å². The minimum absolute atomic E-state index is 0.110. The second kappa shape index (κ2) is 7.87. The number of nitrogens with one attached hydrogen (secondary N) is 2. The molecular weight excluding hydrogens is 315 g/mol. The number of benzene rings is 1. The van der Waals surface area contributed by atoms with Crippen LogP contribution in [0.4, 0.5) is 4.39 Å². The van der Waals surface area contributed by atoms with E-state index >= 15 is 0 Å². The Morgan fingerprint density at radius 2 is 1.91 bits per heavy atom. The minimum Gasteiger partial charge on any atom is -0.349 e. The Hall–Kier alpha value is -2.21. The second-order valence-corrected chi connectivity index (χ2v) is 6.26. The van der Waals surface area contributed by atoms with E-state index in [1.807, 2.05) is 17.5 Å². The lowest BCUT2D eigenvalue weighted by atomic mass is 10.1. The summed E-state index contributed by atoms with van der Waals surface area (Å²) in [5.74, 6) is -0.789. The van der Waals surface area contributed by atoms with Crippen molar-refractivity contribution in [3.05, 3.63) is 58.0 Å². The molecule has 0 saturated heterocycles. The average molecular weight is 334 g/mol. The number of amides is 2. The van der Waals surface area contributed by atoms with Crippen LogP contribution in [0, 0.1) is 5.82 Å². The van der Waals surface area contributed by atoms with Gasteiger partial charge in [-0.3, -0.25) is 9.59 Å². The lowest BCUT2D eigenvalue weighted by Crippen LogP contribution is -2.33. The molecule has 2 rings (SSSR count). The van der Waals surface area contributed by atoms with Gasteiger partial charge in [0.2, 0.25) is 11.8 Å². The van der Waals surface area contributed by atoms with Crippen LogP contribution in [0.3, 0.4) is 0 Å². The minimum atomic E-state index is -0.440. The van der Waals surface area contributed by atoms with E-state index in [1.54, 1.807) is 25.1 Å². The third kappa shape index (κ3) is 4.89. The summed E-state index contributed by atoms with van der Waals surface area (Å²) in [7, 11) is 0. The standard InChI is InChI=1S/C17H19FN2O2S/c1-11(13-6-3-4-7-14(13)18)19-17(22)10-15(20-12(2)21)16-8-5-9-23-16/h3-9,11,15H,10H2,1-2H3,(H,19,22)(H,20,21)/t11-,15-/m1/s1. The summed E-state index contributed by atoms with van der Waals surface area (Å²) in [6.45, 7) is 3.15. The van der Waals surface area contributed by atoms with E-state index in [9.17, 15) is 14.0 Å². The van der Waals surface area contributed by atoms with Gasteiger partial charge in [0, 0.05) is 17.4 Å². The van der Waals surface area contributed by atoms with Gasteiger partial charge in [0.15, 0.2) is 0 Å². The third-order valence-corrected chi connectivity index (χ3v) is 4.39. The van der Waals surface area contributed by atoms with E-state index < -0.39 is 6.04 Å². The summed E-state index contributed by atoms with van der Waals surface area (Å²) in [6, 6.07) is 9.27. The van der Waals surface area contributed by atoms with Crippen LogP contribution in [-0.2, 0) is 9.59 Å². The first-order valence-electron chi connectivity index (χ1n) is 7.31. The van der Waals surface area contributed by atoms with Crippen LogP contribution < -0.4 is 10.6 Å². The average Bonchev–Trinajstić information content (AvgIpc) is 3.00. The number of carbonyl (C=O) groups is 2. The summed E-state index contributed by atoms with van der Waals surface area (Å²) < 4.78 is 13.7. The van der Waals surface area contributed by atoms with Gasteiger partial charge < -0.3 is 10.6 Å². The molecule has 0 bridgehead atoms. The molecule has 2 atom stereocenters. The Bertz CT molecular complexity index is 673. The summed E-state index contributed by atoms with van der Waals surface area (Å²) in [4.78, 5) is 24.5. The summed E-state index contributed by atoms with van der Waals surface area (Å²) >= 11 is 1.48. The summed E-state index contributed by atoms with van der Waals surface area (Å²) in [6.07, 6.45) is 0.110. The Balaban J connectivity index is 2.02. The fraction of sp³-hybridized carbons (Fsp3) is 0.294. The van der Waals surface area contributed by atoms with Gasteiger partial charge in [-0.25, -0.2) is 4.39 Å². The first-order chi connectivity index (χ1) is 11.0. The van der Waals surface area contributed by atoms with Gasteiger partial charge in [0.05, 0.1) is 18.5 Å². The zero-order chi connectivity index (χ0) is 16.8. The molecule has 23 heavy (non-hydrogen) atoms. The highest BCUT2D eigenvalue weighted by Crippen LogP contribution is 2.23. The number of rotatable bonds is 6. The largest absolute Gasteiger partial charge is 0.349 e. The summed E-state index contributed by atoms with van der Waals surface area (Å²) in [5, 5.41) is 7.44. The SMILES string of the molecule is CC(=O)N[C@H](CC(=O)N[C@H](C)c1ccccc1F)c1cccs1. The van der Waals surface area contributed by atoms with Crippen molar-refractivity contribution in [1.82, 2.24) is 10.6 Å². The molecule has 1 heterocycles. The lowest BCUT2D eigenvalue weighted by molar-refractivity contribution is -0.123. The Kier molecular flexibility index (Phi) is 5.87. The maximum Gasteiger partial charge on any atom is 0.222 e. The number of carbonyl (C=O) groups excluding carboxylic acids is 2. The molecule has 1 aromatic carbocycles. The molecule has 2 N–H and O–H groups in total. The first kappa shape index (κ1) is 17.1. The molecule has 0 spiro atoms. The van der Waals surface area contributed by atoms with Crippen LogP contribution in [-0.4, -0.2) is 11.8 Å². The molecule has 2 aromatic rings. The van der Waals surface area contributed by atoms with Gasteiger partial charge in [0.25, 0.3) is 0 Å². The molecule has 0 aliphatic carbocycles. The Labute approximate surface area is 138 Å². The highest BCUT2D eigenvalue weighted by atomic mass is 32.1. The molecule has 4 nitrogen and oxygen atoms in total. The lowest BCUT2D eigenvalue weighted by Gasteiger charge is -2.19. The monoisotopic (exact) mass is 334 g/mol. The smallest absolute Gasteiger partial charge is 0.222 e. The van der Waals surface area contributed by atoms with Crippen LogP contribution in [0.1, 0.15) is 42.8 Å². The fourth-order valence-corrected chi connectivity index (χ4v) is 3.13. The zero-order valence-corrected chi connectivity index (χ0v) is 13.8. The van der Waals surface area contributed by atoms with Gasteiger partial charge in [-0.05, 0) is 24.4 Å². The van der Waals surface area contributed by atoms with Gasteiger partial charge in [-0.15, -0.1) is 11.3 Å². The fourth-order valence-electron chi connectivity index (χ4n) is 2.35. The Morgan fingerprint density at radius 3 is 2.52 bits per heavy atom. The number of thiophene rings is 1. The zero-order valence-electron chi connectivity index (χ0n) is 13.0. The molecule has 122 valence electrons. The van der Waals surface area contributed by atoms with E-state index in [-0.39, 0.29) is 30.1 Å². The first-order valence-corrected chi connectivity index (χ1v) is 8.19. The Morgan fingerprint density at radius 1 is 1.17 bits per heavy atom. The third-order valence-electron chi connectivity index (χ3n) is 3.40. The molecule has 1 aromatic heterocycles. The molecular formula is C17H19FN2O2S. The van der Waals surface area contributed by atoms with E-state index in [4.69, 9.17) is 0 Å². The molecule has 0 aliphatic rings. The quantitative estimate of drug-likeness (QED) is 0.851. The van der Waals surface area contributed by atoms with Crippen molar-refractivity contribution in [2.45, 2.75) is 32.4 Å². The molecule has 0 aliphatic heterocycles. The molecule has 0 unspecified atom stereocenters. The van der Waals surface area contributed by atoms with E-state index in [1.165, 1.54) is 24.3 Å². The molecule has 6 heteroatoms. The predicted molar refractivity (Wildman–Crippen MR) is 88.5 cm³/mol.